The van der Waals surface area contributed by atoms with Crippen LogP contribution in [0, 0.1) is 0 Å². The van der Waals surface area contributed by atoms with Crippen LogP contribution in [0.25, 0.3) is 0 Å². The van der Waals surface area contributed by atoms with Gasteiger partial charge in [0, 0.05) is 32.7 Å². The normalized spacial score (nSPS) is 37.4. The van der Waals surface area contributed by atoms with E-state index in [1.165, 1.54) is 0 Å². The van der Waals surface area contributed by atoms with Gasteiger partial charge in [0.1, 0.15) is 0 Å². The fourth-order valence-electron chi connectivity index (χ4n) is 1.77. The molecule has 0 aromatic rings. The summed E-state index contributed by atoms with van der Waals surface area (Å²) in [6, 6.07) is 0. The summed E-state index contributed by atoms with van der Waals surface area (Å²) in [6.07, 6.45) is 0.0378. The van der Waals surface area contributed by atoms with E-state index in [-0.39, 0.29) is 12.6 Å². The van der Waals surface area contributed by atoms with Crippen LogP contribution < -0.4 is 0 Å². The van der Waals surface area contributed by atoms with Gasteiger partial charge in [-0.1, -0.05) is 0 Å². The third-order valence-electron chi connectivity index (χ3n) is 2.69. The highest BCUT2D eigenvalue weighted by Crippen LogP contribution is 2.17. The van der Waals surface area contributed by atoms with Crippen molar-refractivity contribution in [3.63, 3.8) is 0 Å². The van der Waals surface area contributed by atoms with Crippen LogP contribution in [-0.4, -0.2) is 62.2 Å². The zero-order valence-electron chi connectivity index (χ0n) is 8.40. The molecule has 2 saturated heterocycles. The minimum atomic E-state index is 0.0115. The van der Waals surface area contributed by atoms with E-state index in [1.54, 1.807) is 0 Å². The van der Waals surface area contributed by atoms with E-state index in [9.17, 15) is 0 Å². The lowest BCUT2D eigenvalue weighted by Crippen LogP contribution is -2.52. The molecule has 4 nitrogen and oxygen atoms in total. The molecule has 13 heavy (non-hydrogen) atoms. The summed E-state index contributed by atoms with van der Waals surface area (Å²) in [6.45, 7) is 7.44. The molecule has 0 atom stereocenters. The SMILES string of the molecule is CC1OC(CN2CCN(C)CC2)O1. The Kier molecular flexibility index (Phi) is 2.83. The average Bonchev–Trinajstić information content (AvgIpc) is 2.06. The quantitative estimate of drug-likeness (QED) is 0.604. The maximum absolute atomic E-state index is 5.39. The first-order valence-corrected chi connectivity index (χ1v) is 4.96. The van der Waals surface area contributed by atoms with Gasteiger partial charge in [0.05, 0.1) is 0 Å². The summed E-state index contributed by atoms with van der Waals surface area (Å²) in [4.78, 5) is 4.75. The lowest BCUT2D eigenvalue weighted by Gasteiger charge is -2.39. The highest BCUT2D eigenvalue weighted by molar-refractivity contribution is 4.71. The van der Waals surface area contributed by atoms with E-state index in [2.05, 4.69) is 16.8 Å². The third-order valence-corrected chi connectivity index (χ3v) is 2.69. The Balaban J connectivity index is 1.65. The molecular weight excluding hydrogens is 168 g/mol. The molecule has 0 aliphatic carbocycles. The van der Waals surface area contributed by atoms with Gasteiger partial charge in [0.2, 0.25) is 0 Å². The molecule has 2 fully saturated rings. The molecule has 4 heteroatoms. The summed E-state index contributed by atoms with van der Waals surface area (Å²) in [5, 5.41) is 0. The van der Waals surface area contributed by atoms with Crippen molar-refractivity contribution in [2.75, 3.05) is 39.8 Å². The predicted octanol–water partition coefficient (Wildman–Crippen LogP) is -0.0473. The first-order chi connectivity index (χ1) is 6.24. The Hall–Kier alpha value is -0.160. The Morgan fingerprint density at radius 2 is 1.77 bits per heavy atom. The molecule has 0 radical (unpaired) electrons. The minimum Gasteiger partial charge on any atom is -0.323 e. The Bertz CT molecular complexity index is 163. The monoisotopic (exact) mass is 186 g/mol. The van der Waals surface area contributed by atoms with Crippen molar-refractivity contribution in [2.24, 2.45) is 0 Å². The second kappa shape index (κ2) is 3.92. The second-order valence-corrected chi connectivity index (χ2v) is 3.87. The molecule has 2 aliphatic heterocycles. The molecule has 76 valence electrons. The molecule has 0 aromatic carbocycles. The van der Waals surface area contributed by atoms with Crippen LogP contribution in [0.1, 0.15) is 6.92 Å². The van der Waals surface area contributed by atoms with Gasteiger partial charge in [-0.2, -0.15) is 0 Å². The molecule has 0 bridgehead atoms. The van der Waals surface area contributed by atoms with Crippen LogP contribution in [0.15, 0.2) is 0 Å². The van der Waals surface area contributed by atoms with E-state index in [4.69, 9.17) is 9.47 Å². The highest BCUT2D eigenvalue weighted by Gasteiger charge is 2.29. The number of likely N-dealkylation sites (N-methyl/N-ethyl adjacent to an activating group) is 1. The number of hydrogen-bond donors (Lipinski definition) is 0. The van der Waals surface area contributed by atoms with Gasteiger partial charge in [0.15, 0.2) is 12.6 Å². The molecule has 0 spiro atoms. The van der Waals surface area contributed by atoms with Gasteiger partial charge < -0.3 is 14.4 Å². The summed E-state index contributed by atoms with van der Waals surface area (Å²) in [5.74, 6) is 0. The molecule has 2 heterocycles. The van der Waals surface area contributed by atoms with Crippen molar-refractivity contribution in [1.82, 2.24) is 9.80 Å². The Morgan fingerprint density at radius 3 is 2.31 bits per heavy atom. The predicted molar refractivity (Wildman–Crippen MR) is 49.4 cm³/mol. The van der Waals surface area contributed by atoms with E-state index < -0.39 is 0 Å². The lowest BCUT2D eigenvalue weighted by atomic mass is 10.3. The van der Waals surface area contributed by atoms with Gasteiger partial charge in [-0.05, 0) is 14.0 Å². The summed E-state index contributed by atoms with van der Waals surface area (Å²) in [5.41, 5.74) is 0. The van der Waals surface area contributed by atoms with Crippen LogP contribution in [0.3, 0.4) is 0 Å². The fourth-order valence-corrected chi connectivity index (χ4v) is 1.77. The molecule has 2 rings (SSSR count). The second-order valence-electron chi connectivity index (χ2n) is 3.87. The third kappa shape index (κ3) is 2.40. The standard InChI is InChI=1S/C9H18N2O2/c1-8-12-9(13-8)7-11-5-3-10(2)4-6-11/h8-9H,3-7H2,1-2H3. The van der Waals surface area contributed by atoms with Gasteiger partial charge in [-0.25, -0.2) is 0 Å². The molecular formula is C9H18N2O2. The Morgan fingerprint density at radius 1 is 1.15 bits per heavy atom. The smallest absolute Gasteiger partial charge is 0.176 e. The number of nitrogens with zero attached hydrogens (tertiary/aromatic N) is 2. The zero-order valence-corrected chi connectivity index (χ0v) is 8.40. The van der Waals surface area contributed by atoms with Crippen molar-refractivity contribution in [3.8, 4) is 0 Å². The number of ether oxygens (including phenoxy) is 2. The van der Waals surface area contributed by atoms with Gasteiger partial charge in [-0.15, -0.1) is 0 Å². The zero-order chi connectivity index (χ0) is 9.26. The van der Waals surface area contributed by atoms with Crippen LogP contribution in [0.4, 0.5) is 0 Å². The molecule has 0 unspecified atom stereocenters. The van der Waals surface area contributed by atoms with E-state index in [0.717, 1.165) is 32.7 Å². The first kappa shape index (κ1) is 9.40. The average molecular weight is 186 g/mol. The summed E-state index contributed by atoms with van der Waals surface area (Å²) < 4.78 is 10.8. The van der Waals surface area contributed by atoms with E-state index in [0.29, 0.717) is 0 Å². The van der Waals surface area contributed by atoms with Crippen LogP contribution in [0.5, 0.6) is 0 Å². The van der Waals surface area contributed by atoms with Crippen LogP contribution in [-0.2, 0) is 9.47 Å². The van der Waals surface area contributed by atoms with Crippen LogP contribution >= 0.6 is 0 Å². The molecule has 0 N–H and O–H groups in total. The fraction of sp³-hybridized carbons (Fsp3) is 1.00. The maximum Gasteiger partial charge on any atom is 0.176 e. The van der Waals surface area contributed by atoms with E-state index >= 15 is 0 Å². The molecule has 2 aliphatic rings. The largest absolute Gasteiger partial charge is 0.323 e. The van der Waals surface area contributed by atoms with Crippen molar-refractivity contribution >= 4 is 0 Å². The topological polar surface area (TPSA) is 24.9 Å². The molecule has 0 saturated carbocycles. The van der Waals surface area contributed by atoms with Crippen molar-refractivity contribution in [2.45, 2.75) is 19.5 Å². The van der Waals surface area contributed by atoms with Crippen LogP contribution in [0.2, 0.25) is 0 Å². The molecule has 0 amide bonds. The number of rotatable bonds is 2. The minimum absolute atomic E-state index is 0.0115. The number of piperazine rings is 1. The summed E-state index contributed by atoms with van der Waals surface area (Å²) in [7, 11) is 2.16. The van der Waals surface area contributed by atoms with Crippen molar-refractivity contribution < 1.29 is 9.47 Å². The summed E-state index contributed by atoms with van der Waals surface area (Å²) >= 11 is 0. The van der Waals surface area contributed by atoms with Crippen molar-refractivity contribution in [1.29, 1.82) is 0 Å². The lowest BCUT2D eigenvalue weighted by molar-refractivity contribution is -0.378. The van der Waals surface area contributed by atoms with Gasteiger partial charge in [-0.3, -0.25) is 4.90 Å². The number of hydrogen-bond acceptors (Lipinski definition) is 4. The first-order valence-electron chi connectivity index (χ1n) is 4.96. The molecule has 0 aromatic heterocycles. The van der Waals surface area contributed by atoms with Crippen molar-refractivity contribution in [3.05, 3.63) is 0 Å². The maximum atomic E-state index is 5.39. The van der Waals surface area contributed by atoms with Gasteiger partial charge >= 0.3 is 0 Å². The van der Waals surface area contributed by atoms with E-state index in [1.807, 2.05) is 6.92 Å². The highest BCUT2D eigenvalue weighted by atomic mass is 16.9. The Labute approximate surface area is 79.4 Å². The van der Waals surface area contributed by atoms with Gasteiger partial charge in [0.25, 0.3) is 0 Å².